The summed E-state index contributed by atoms with van der Waals surface area (Å²) >= 11 is 1.41. The van der Waals surface area contributed by atoms with Gasteiger partial charge in [0.2, 0.25) is 0 Å². The lowest BCUT2D eigenvalue weighted by Crippen LogP contribution is -2.46. The van der Waals surface area contributed by atoms with E-state index in [0.29, 0.717) is 41.2 Å². The van der Waals surface area contributed by atoms with E-state index in [1.54, 1.807) is 12.3 Å². The Hall–Kier alpha value is -2.23. The normalized spacial score (nSPS) is 20.4. The van der Waals surface area contributed by atoms with Gasteiger partial charge in [-0.15, -0.1) is 11.3 Å². The lowest BCUT2D eigenvalue weighted by atomic mass is 10.1. The third-order valence-electron chi connectivity index (χ3n) is 3.70. The van der Waals surface area contributed by atoms with Crippen molar-refractivity contribution in [3.05, 3.63) is 45.7 Å². The number of hydrogen-bond donors (Lipinski definition) is 0. The molecule has 0 N–H and O–H groups in total. The molecule has 124 valence electrons. The van der Waals surface area contributed by atoms with Crippen LogP contribution in [0.4, 0.5) is 10.1 Å². The van der Waals surface area contributed by atoms with Gasteiger partial charge in [-0.2, -0.15) is 0 Å². The van der Waals surface area contributed by atoms with Crippen LogP contribution in [-0.2, 0) is 4.74 Å². The molecular formula is C18H17FN2O2S. The van der Waals surface area contributed by atoms with Gasteiger partial charge in [0.1, 0.15) is 5.82 Å². The highest BCUT2D eigenvalue weighted by Gasteiger charge is 2.26. The van der Waals surface area contributed by atoms with E-state index < -0.39 is 5.82 Å². The maximum atomic E-state index is 14.7. The maximum absolute atomic E-state index is 14.7. The minimum atomic E-state index is -0.440. The first-order chi connectivity index (χ1) is 11.6. The smallest absolute Gasteiger partial charge is 0.167 e. The molecule has 0 unspecified atom stereocenters. The summed E-state index contributed by atoms with van der Waals surface area (Å²) in [5.74, 6) is 5.30. The summed E-state index contributed by atoms with van der Waals surface area (Å²) in [7, 11) is 0. The van der Waals surface area contributed by atoms with Crippen LogP contribution in [0.5, 0.6) is 0 Å². The highest BCUT2D eigenvalue weighted by molar-refractivity contribution is 7.10. The van der Waals surface area contributed by atoms with Crippen molar-refractivity contribution >= 4 is 23.3 Å². The summed E-state index contributed by atoms with van der Waals surface area (Å²) in [4.78, 5) is 17.4. The van der Waals surface area contributed by atoms with Crippen molar-refractivity contribution < 1.29 is 13.9 Å². The van der Waals surface area contributed by atoms with Gasteiger partial charge < -0.3 is 9.64 Å². The fourth-order valence-electron chi connectivity index (χ4n) is 2.89. The van der Waals surface area contributed by atoms with Gasteiger partial charge in [-0.1, -0.05) is 5.92 Å². The summed E-state index contributed by atoms with van der Waals surface area (Å²) in [6, 6.07) is 2.99. The summed E-state index contributed by atoms with van der Waals surface area (Å²) in [6.45, 7) is 4.97. The Balaban J connectivity index is 1.95. The lowest BCUT2D eigenvalue weighted by Gasteiger charge is -2.37. The van der Waals surface area contributed by atoms with Gasteiger partial charge in [0.05, 0.1) is 17.9 Å². The quantitative estimate of drug-likeness (QED) is 0.620. The molecule has 1 aliphatic rings. The third kappa shape index (κ3) is 3.64. The number of benzene rings is 1. The van der Waals surface area contributed by atoms with E-state index in [-0.39, 0.29) is 12.2 Å². The van der Waals surface area contributed by atoms with Crippen molar-refractivity contribution in [2.24, 2.45) is 0 Å². The molecule has 24 heavy (non-hydrogen) atoms. The van der Waals surface area contributed by atoms with Crippen molar-refractivity contribution in [3.8, 4) is 11.8 Å². The molecule has 0 saturated carbocycles. The van der Waals surface area contributed by atoms with Gasteiger partial charge >= 0.3 is 0 Å². The van der Waals surface area contributed by atoms with E-state index in [0.717, 1.165) is 0 Å². The van der Waals surface area contributed by atoms with Crippen LogP contribution in [0.1, 0.15) is 34.8 Å². The second-order valence-corrected chi connectivity index (χ2v) is 6.66. The predicted molar refractivity (Wildman–Crippen MR) is 92.1 cm³/mol. The molecule has 0 amide bonds. The topological polar surface area (TPSA) is 42.4 Å². The largest absolute Gasteiger partial charge is 0.372 e. The van der Waals surface area contributed by atoms with Gasteiger partial charge in [-0.05, 0) is 31.9 Å². The molecule has 1 aliphatic heterocycles. The number of hydrogen-bond acceptors (Lipinski definition) is 5. The van der Waals surface area contributed by atoms with E-state index >= 15 is 0 Å². The number of aromatic nitrogens is 1. The molecule has 3 rings (SSSR count). The van der Waals surface area contributed by atoms with Crippen LogP contribution in [0.3, 0.4) is 0 Å². The second-order valence-electron chi connectivity index (χ2n) is 5.76. The number of rotatable bonds is 2. The number of nitrogens with zero attached hydrogens (tertiary/aromatic N) is 2. The molecule has 2 aromatic rings. The zero-order chi connectivity index (χ0) is 17.1. The number of ether oxygens (including phenoxy) is 1. The summed E-state index contributed by atoms with van der Waals surface area (Å²) < 4.78 is 20.4. The van der Waals surface area contributed by atoms with Crippen molar-refractivity contribution in [2.45, 2.75) is 26.1 Å². The highest BCUT2D eigenvalue weighted by atomic mass is 32.1. The Labute approximate surface area is 144 Å². The molecule has 4 nitrogen and oxygen atoms in total. The average Bonchev–Trinajstić information content (AvgIpc) is 3.04. The van der Waals surface area contributed by atoms with Crippen LogP contribution < -0.4 is 4.90 Å². The molecule has 0 spiro atoms. The predicted octanol–water partition coefficient (Wildman–Crippen LogP) is 3.11. The summed E-state index contributed by atoms with van der Waals surface area (Å²) in [5, 5.41) is 2.48. The van der Waals surface area contributed by atoms with Crippen LogP contribution in [0.15, 0.2) is 23.7 Å². The molecule has 0 bridgehead atoms. The molecule has 1 fully saturated rings. The SMILES string of the molecule is C[C@@H]1CN(c2c(F)cc(C#Cc3nccs3)cc2C=O)C[C@H](C)O1. The standard InChI is InChI=1S/C18H17FN2O2S/c1-12-9-21(10-13(2)23-12)18-15(11-22)7-14(8-16(18)19)3-4-17-20-5-6-24-17/h5-8,11-13H,9-10H2,1-2H3/t12-,13+. The number of thiazole rings is 1. The van der Waals surface area contributed by atoms with Gasteiger partial charge in [-0.25, -0.2) is 9.37 Å². The van der Waals surface area contributed by atoms with Crippen LogP contribution in [0.2, 0.25) is 0 Å². The number of anilines is 1. The third-order valence-corrected chi connectivity index (χ3v) is 4.39. The number of carbonyl (C=O) groups excluding carboxylic acids is 1. The Morgan fingerprint density at radius 1 is 1.33 bits per heavy atom. The summed E-state index contributed by atoms with van der Waals surface area (Å²) in [6.07, 6.45) is 2.31. The fraction of sp³-hybridized carbons (Fsp3) is 0.333. The van der Waals surface area contributed by atoms with Crippen LogP contribution >= 0.6 is 11.3 Å². The number of halogens is 1. The Bertz CT molecular complexity index is 785. The summed E-state index contributed by atoms with van der Waals surface area (Å²) in [5.41, 5.74) is 1.09. The number of morpholine rings is 1. The van der Waals surface area contributed by atoms with Crippen molar-refractivity contribution in [3.63, 3.8) is 0 Å². The molecular weight excluding hydrogens is 327 g/mol. The maximum Gasteiger partial charge on any atom is 0.167 e. The highest BCUT2D eigenvalue weighted by Crippen LogP contribution is 2.28. The molecule has 6 heteroatoms. The van der Waals surface area contributed by atoms with E-state index in [1.807, 2.05) is 24.1 Å². The average molecular weight is 344 g/mol. The molecule has 0 aliphatic carbocycles. The van der Waals surface area contributed by atoms with E-state index in [9.17, 15) is 9.18 Å². The minimum absolute atomic E-state index is 0.0166. The van der Waals surface area contributed by atoms with Crippen molar-refractivity contribution in [1.29, 1.82) is 0 Å². The van der Waals surface area contributed by atoms with Crippen LogP contribution in [0.25, 0.3) is 0 Å². The number of carbonyl (C=O) groups is 1. The Morgan fingerprint density at radius 2 is 2.08 bits per heavy atom. The lowest BCUT2D eigenvalue weighted by molar-refractivity contribution is -0.00543. The van der Waals surface area contributed by atoms with Crippen molar-refractivity contribution in [1.82, 2.24) is 4.98 Å². The molecule has 1 aromatic heterocycles. The van der Waals surface area contributed by atoms with Crippen LogP contribution in [-0.4, -0.2) is 36.6 Å². The second kappa shape index (κ2) is 7.12. The zero-order valence-corrected chi connectivity index (χ0v) is 14.3. The van der Waals surface area contributed by atoms with Gasteiger partial charge in [0, 0.05) is 35.8 Å². The minimum Gasteiger partial charge on any atom is -0.372 e. The van der Waals surface area contributed by atoms with Gasteiger partial charge in [0.25, 0.3) is 0 Å². The molecule has 0 radical (unpaired) electrons. The van der Waals surface area contributed by atoms with E-state index in [2.05, 4.69) is 16.8 Å². The van der Waals surface area contributed by atoms with Gasteiger partial charge in [0.15, 0.2) is 11.3 Å². The first kappa shape index (κ1) is 16.6. The molecule has 1 saturated heterocycles. The molecule has 2 heterocycles. The Kier molecular flexibility index (Phi) is 4.93. The fourth-order valence-corrected chi connectivity index (χ4v) is 3.37. The van der Waals surface area contributed by atoms with E-state index in [1.165, 1.54) is 17.4 Å². The van der Waals surface area contributed by atoms with Gasteiger partial charge in [-0.3, -0.25) is 4.79 Å². The molecule has 2 atom stereocenters. The Morgan fingerprint density at radius 3 is 2.71 bits per heavy atom. The number of aldehydes is 1. The monoisotopic (exact) mass is 344 g/mol. The zero-order valence-electron chi connectivity index (χ0n) is 13.5. The molecule has 1 aromatic carbocycles. The van der Waals surface area contributed by atoms with Crippen LogP contribution in [0, 0.1) is 17.7 Å². The van der Waals surface area contributed by atoms with E-state index in [4.69, 9.17) is 4.74 Å². The first-order valence-electron chi connectivity index (χ1n) is 7.67. The first-order valence-corrected chi connectivity index (χ1v) is 8.55. The van der Waals surface area contributed by atoms with Crippen molar-refractivity contribution in [2.75, 3.05) is 18.0 Å².